The molecule has 0 atom stereocenters. The minimum absolute atomic E-state index is 0.855. The fourth-order valence-corrected chi connectivity index (χ4v) is 1.96. The van der Waals surface area contributed by atoms with Crippen LogP contribution < -0.4 is 0 Å². The Labute approximate surface area is 77.8 Å². The summed E-state index contributed by atoms with van der Waals surface area (Å²) in [5, 5.41) is 1.34. The molecule has 0 unspecified atom stereocenters. The van der Waals surface area contributed by atoms with E-state index in [-0.39, 0.29) is 0 Å². The summed E-state index contributed by atoms with van der Waals surface area (Å²) >= 11 is 0. The lowest BCUT2D eigenvalue weighted by Crippen LogP contribution is -1.77. The van der Waals surface area contributed by atoms with Crippen LogP contribution in [0, 0.1) is 6.92 Å². The number of hydrogen-bond acceptors (Lipinski definition) is 0. The van der Waals surface area contributed by atoms with Crippen molar-refractivity contribution in [2.24, 2.45) is 0 Å². The van der Waals surface area contributed by atoms with Crippen molar-refractivity contribution in [1.29, 1.82) is 0 Å². The van der Waals surface area contributed by atoms with Crippen LogP contribution in [0.4, 0.5) is 0 Å². The lowest BCUT2D eigenvalue weighted by molar-refractivity contribution is 1.13. The summed E-state index contributed by atoms with van der Waals surface area (Å²) < 4.78 is 0. The second-order valence-corrected chi connectivity index (χ2v) is 4.07. The van der Waals surface area contributed by atoms with Gasteiger partial charge in [-0.1, -0.05) is 12.1 Å². The van der Waals surface area contributed by atoms with Crippen LogP contribution in [0.2, 0.25) is 0 Å². The Bertz CT molecular complexity index is 449. The summed E-state index contributed by atoms with van der Waals surface area (Å²) in [6.07, 6.45) is 2.76. The van der Waals surface area contributed by atoms with E-state index >= 15 is 0 Å². The third-order valence-electron chi connectivity index (χ3n) is 2.83. The van der Waals surface area contributed by atoms with Crippen molar-refractivity contribution < 1.29 is 0 Å². The highest BCUT2D eigenvalue weighted by Gasteiger charge is 2.23. The number of benzene rings is 1. The number of aromatic amines is 1. The molecule has 0 aliphatic heterocycles. The van der Waals surface area contributed by atoms with E-state index in [1.54, 1.807) is 0 Å². The van der Waals surface area contributed by atoms with E-state index in [0.29, 0.717) is 0 Å². The molecule has 1 aromatic carbocycles. The monoisotopic (exact) mass is 171 g/mol. The second kappa shape index (κ2) is 2.38. The largest absolute Gasteiger partial charge is 0.359 e. The molecule has 0 radical (unpaired) electrons. The quantitative estimate of drug-likeness (QED) is 0.677. The standard InChI is InChI=1S/C12H13N/c1-8-6-11-5-4-10(9-2-3-9)7-12(11)13-8/h4-7,9,13H,2-3H2,1H3. The molecule has 1 aromatic heterocycles. The predicted octanol–water partition coefficient (Wildman–Crippen LogP) is 3.35. The minimum atomic E-state index is 0.855. The van der Waals surface area contributed by atoms with Gasteiger partial charge in [-0.2, -0.15) is 0 Å². The summed E-state index contributed by atoms with van der Waals surface area (Å²) in [5.41, 5.74) is 4.05. The van der Waals surface area contributed by atoms with E-state index in [9.17, 15) is 0 Å². The van der Waals surface area contributed by atoms with Gasteiger partial charge in [0.1, 0.15) is 0 Å². The van der Waals surface area contributed by atoms with E-state index < -0.39 is 0 Å². The Balaban J connectivity index is 2.20. The zero-order valence-electron chi connectivity index (χ0n) is 7.80. The first kappa shape index (κ1) is 7.19. The zero-order chi connectivity index (χ0) is 8.84. The lowest BCUT2D eigenvalue weighted by Gasteiger charge is -1.96. The molecule has 1 heterocycles. The summed E-state index contributed by atoms with van der Waals surface area (Å²) in [5.74, 6) is 0.855. The van der Waals surface area contributed by atoms with E-state index in [2.05, 4.69) is 36.2 Å². The Morgan fingerprint density at radius 2 is 2.08 bits per heavy atom. The van der Waals surface area contributed by atoms with Gasteiger partial charge >= 0.3 is 0 Å². The molecule has 1 aliphatic rings. The molecule has 1 fully saturated rings. The van der Waals surface area contributed by atoms with Crippen LogP contribution in [0.15, 0.2) is 24.3 Å². The molecule has 2 aromatic rings. The molecule has 13 heavy (non-hydrogen) atoms. The smallest absolute Gasteiger partial charge is 0.0458 e. The van der Waals surface area contributed by atoms with Crippen molar-refractivity contribution in [3.8, 4) is 0 Å². The molecule has 0 saturated heterocycles. The van der Waals surface area contributed by atoms with Gasteiger partial charge < -0.3 is 4.98 Å². The van der Waals surface area contributed by atoms with E-state index in [4.69, 9.17) is 0 Å². The highest BCUT2D eigenvalue weighted by atomic mass is 14.7. The maximum atomic E-state index is 3.38. The topological polar surface area (TPSA) is 15.8 Å². The molecule has 0 amide bonds. The lowest BCUT2D eigenvalue weighted by atomic mass is 10.1. The van der Waals surface area contributed by atoms with E-state index in [1.165, 1.54) is 35.0 Å². The molecule has 1 nitrogen and oxygen atoms in total. The molecule has 1 aliphatic carbocycles. The Hall–Kier alpha value is -1.24. The molecule has 0 bridgehead atoms. The van der Waals surface area contributed by atoms with Crippen LogP contribution in [0.1, 0.15) is 30.0 Å². The first-order valence-corrected chi connectivity index (χ1v) is 4.92. The molecule has 1 heteroatoms. The molecular formula is C12H13N. The first-order chi connectivity index (χ1) is 6.33. The van der Waals surface area contributed by atoms with E-state index in [0.717, 1.165) is 5.92 Å². The first-order valence-electron chi connectivity index (χ1n) is 4.92. The summed E-state index contributed by atoms with van der Waals surface area (Å²) in [7, 11) is 0. The Kier molecular flexibility index (Phi) is 1.32. The number of aromatic nitrogens is 1. The highest BCUT2D eigenvalue weighted by Crippen LogP contribution is 2.40. The minimum Gasteiger partial charge on any atom is -0.359 e. The fourth-order valence-electron chi connectivity index (χ4n) is 1.96. The van der Waals surface area contributed by atoms with Crippen LogP contribution in [-0.2, 0) is 0 Å². The van der Waals surface area contributed by atoms with Crippen molar-refractivity contribution >= 4 is 10.9 Å². The van der Waals surface area contributed by atoms with E-state index in [1.807, 2.05) is 0 Å². The van der Waals surface area contributed by atoms with Crippen molar-refractivity contribution in [3.05, 3.63) is 35.5 Å². The van der Waals surface area contributed by atoms with Gasteiger partial charge in [-0.3, -0.25) is 0 Å². The zero-order valence-corrected chi connectivity index (χ0v) is 7.80. The van der Waals surface area contributed by atoms with Crippen molar-refractivity contribution in [2.75, 3.05) is 0 Å². The number of H-pyrrole nitrogens is 1. The number of fused-ring (bicyclic) bond motifs is 1. The second-order valence-electron chi connectivity index (χ2n) is 4.07. The maximum Gasteiger partial charge on any atom is 0.0458 e. The highest BCUT2D eigenvalue weighted by molar-refractivity contribution is 5.81. The SMILES string of the molecule is Cc1cc2ccc(C3CC3)cc2[nH]1. The molecule has 1 N–H and O–H groups in total. The Morgan fingerprint density at radius 3 is 2.85 bits per heavy atom. The number of rotatable bonds is 1. The molecular weight excluding hydrogens is 158 g/mol. The average molecular weight is 171 g/mol. The van der Waals surface area contributed by atoms with Gasteiger partial charge in [-0.05, 0) is 48.8 Å². The van der Waals surface area contributed by atoms with Crippen LogP contribution in [0.3, 0.4) is 0 Å². The number of nitrogens with one attached hydrogen (secondary N) is 1. The number of aryl methyl sites for hydroxylation is 1. The molecule has 3 rings (SSSR count). The molecule has 0 spiro atoms. The predicted molar refractivity (Wildman–Crippen MR) is 55.0 cm³/mol. The maximum absolute atomic E-state index is 3.38. The summed E-state index contributed by atoms with van der Waals surface area (Å²) in [6, 6.07) is 9.01. The van der Waals surface area contributed by atoms with Gasteiger partial charge in [0.2, 0.25) is 0 Å². The normalized spacial score (nSPS) is 16.7. The van der Waals surface area contributed by atoms with Gasteiger partial charge in [0.25, 0.3) is 0 Å². The van der Waals surface area contributed by atoms with Gasteiger partial charge in [-0.25, -0.2) is 0 Å². The van der Waals surface area contributed by atoms with Gasteiger partial charge in [-0.15, -0.1) is 0 Å². The van der Waals surface area contributed by atoms with Crippen molar-refractivity contribution in [2.45, 2.75) is 25.7 Å². The van der Waals surface area contributed by atoms with Gasteiger partial charge in [0.15, 0.2) is 0 Å². The van der Waals surface area contributed by atoms with Crippen LogP contribution in [0.5, 0.6) is 0 Å². The van der Waals surface area contributed by atoms with Crippen LogP contribution in [0.25, 0.3) is 10.9 Å². The van der Waals surface area contributed by atoms with Crippen molar-refractivity contribution in [1.82, 2.24) is 4.98 Å². The van der Waals surface area contributed by atoms with Crippen LogP contribution >= 0.6 is 0 Å². The summed E-state index contributed by atoms with van der Waals surface area (Å²) in [4.78, 5) is 3.38. The Morgan fingerprint density at radius 1 is 1.23 bits per heavy atom. The number of hydrogen-bond donors (Lipinski definition) is 1. The third-order valence-corrected chi connectivity index (χ3v) is 2.83. The average Bonchev–Trinajstić information content (AvgIpc) is 2.87. The third kappa shape index (κ3) is 1.15. The molecule has 66 valence electrons. The van der Waals surface area contributed by atoms with Gasteiger partial charge in [0.05, 0.1) is 0 Å². The summed E-state index contributed by atoms with van der Waals surface area (Å²) in [6.45, 7) is 2.11. The van der Waals surface area contributed by atoms with Crippen LogP contribution in [-0.4, -0.2) is 4.98 Å². The molecule has 1 saturated carbocycles. The van der Waals surface area contributed by atoms with Gasteiger partial charge in [0, 0.05) is 11.2 Å². The van der Waals surface area contributed by atoms with Crippen molar-refractivity contribution in [3.63, 3.8) is 0 Å². The fraction of sp³-hybridized carbons (Fsp3) is 0.333.